The lowest BCUT2D eigenvalue weighted by molar-refractivity contribution is 0.0959. The Hall–Kier alpha value is -3.16. The number of carbonyl (C=O) groups is 2. The van der Waals surface area contributed by atoms with Gasteiger partial charge in [-0.1, -0.05) is 29.3 Å². The molecule has 2 N–H and O–H groups in total. The number of nitrogens with one attached hydrogen (secondary N) is 2. The molecule has 3 rings (SSSR count). The van der Waals surface area contributed by atoms with Crippen molar-refractivity contribution in [2.75, 3.05) is 5.32 Å². The summed E-state index contributed by atoms with van der Waals surface area (Å²) in [6.07, 6.45) is 0. The summed E-state index contributed by atoms with van der Waals surface area (Å²) in [4.78, 5) is 24.5. The SMILES string of the molecule is Cc1cc(Oc2ccc(Cl)cc2Cl)c(C)c(C)c1NC(=O)NC(=O)c1c(F)cccc1F. The highest BCUT2D eigenvalue weighted by molar-refractivity contribution is 6.35. The molecule has 166 valence electrons. The van der Waals surface area contributed by atoms with Crippen LogP contribution in [0.15, 0.2) is 42.5 Å². The molecule has 0 saturated carbocycles. The van der Waals surface area contributed by atoms with Crippen molar-refractivity contribution >= 4 is 40.8 Å². The highest BCUT2D eigenvalue weighted by Crippen LogP contribution is 2.37. The van der Waals surface area contributed by atoms with E-state index in [1.807, 2.05) is 5.32 Å². The lowest BCUT2D eigenvalue weighted by Crippen LogP contribution is -2.35. The molecule has 0 saturated heterocycles. The summed E-state index contributed by atoms with van der Waals surface area (Å²) >= 11 is 12.1. The smallest absolute Gasteiger partial charge is 0.326 e. The minimum atomic E-state index is -1.19. The third kappa shape index (κ3) is 5.00. The Kier molecular flexibility index (Phi) is 7.01. The zero-order valence-electron chi connectivity index (χ0n) is 17.3. The monoisotopic (exact) mass is 478 g/mol. The minimum Gasteiger partial charge on any atom is -0.456 e. The lowest BCUT2D eigenvalue weighted by Gasteiger charge is -2.18. The largest absolute Gasteiger partial charge is 0.456 e. The van der Waals surface area contributed by atoms with Crippen molar-refractivity contribution in [3.8, 4) is 11.5 Å². The normalized spacial score (nSPS) is 10.6. The maximum absolute atomic E-state index is 13.8. The van der Waals surface area contributed by atoms with E-state index < -0.39 is 29.1 Å². The third-order valence-corrected chi connectivity index (χ3v) is 5.35. The quantitative estimate of drug-likeness (QED) is 0.426. The van der Waals surface area contributed by atoms with Gasteiger partial charge in [-0.05, 0) is 73.9 Å². The van der Waals surface area contributed by atoms with Crippen molar-refractivity contribution in [2.45, 2.75) is 20.8 Å². The summed E-state index contributed by atoms with van der Waals surface area (Å²) < 4.78 is 33.4. The fraction of sp³-hybridized carbons (Fsp3) is 0.130. The molecular weight excluding hydrogens is 461 g/mol. The van der Waals surface area contributed by atoms with E-state index in [1.165, 1.54) is 0 Å². The molecule has 3 aromatic carbocycles. The number of amides is 3. The number of urea groups is 1. The highest BCUT2D eigenvalue weighted by Gasteiger charge is 2.21. The van der Waals surface area contributed by atoms with Gasteiger partial charge in [-0.3, -0.25) is 10.1 Å². The molecule has 0 bridgehead atoms. The van der Waals surface area contributed by atoms with Gasteiger partial charge >= 0.3 is 6.03 Å². The summed E-state index contributed by atoms with van der Waals surface area (Å²) in [6.45, 7) is 5.28. The molecule has 32 heavy (non-hydrogen) atoms. The Bertz CT molecular complexity index is 1210. The van der Waals surface area contributed by atoms with Crippen molar-refractivity contribution in [2.24, 2.45) is 0 Å². The van der Waals surface area contributed by atoms with Crippen LogP contribution < -0.4 is 15.4 Å². The first-order chi connectivity index (χ1) is 15.1. The average molecular weight is 479 g/mol. The first-order valence-electron chi connectivity index (χ1n) is 9.38. The maximum atomic E-state index is 13.8. The van der Waals surface area contributed by atoms with Gasteiger partial charge < -0.3 is 10.1 Å². The fourth-order valence-electron chi connectivity index (χ4n) is 3.05. The van der Waals surface area contributed by atoms with Crippen LogP contribution in [0.4, 0.5) is 19.3 Å². The van der Waals surface area contributed by atoms with Crippen LogP contribution in [0.25, 0.3) is 0 Å². The van der Waals surface area contributed by atoms with E-state index in [4.69, 9.17) is 27.9 Å². The van der Waals surface area contributed by atoms with E-state index in [9.17, 15) is 18.4 Å². The molecule has 5 nitrogen and oxygen atoms in total. The van der Waals surface area contributed by atoms with Crippen molar-refractivity contribution in [1.29, 1.82) is 0 Å². The zero-order valence-corrected chi connectivity index (χ0v) is 18.8. The van der Waals surface area contributed by atoms with Crippen molar-refractivity contribution < 1.29 is 23.1 Å². The molecular formula is C23H18Cl2F2N2O3. The van der Waals surface area contributed by atoms with E-state index in [0.29, 0.717) is 43.9 Å². The van der Waals surface area contributed by atoms with Crippen LogP contribution in [0, 0.1) is 32.4 Å². The number of ether oxygens (including phenoxy) is 1. The van der Waals surface area contributed by atoms with Crippen LogP contribution in [0.1, 0.15) is 27.0 Å². The molecule has 0 aliphatic rings. The van der Waals surface area contributed by atoms with Gasteiger partial charge in [0.2, 0.25) is 0 Å². The maximum Gasteiger partial charge on any atom is 0.326 e. The number of hydrogen-bond acceptors (Lipinski definition) is 3. The summed E-state index contributed by atoms with van der Waals surface area (Å²) in [5.41, 5.74) is 1.60. The molecule has 0 aliphatic carbocycles. The van der Waals surface area contributed by atoms with E-state index in [2.05, 4.69) is 5.32 Å². The number of anilines is 1. The number of hydrogen-bond donors (Lipinski definition) is 2. The van der Waals surface area contributed by atoms with Crippen LogP contribution in [0.2, 0.25) is 10.0 Å². The first kappa shape index (κ1) is 23.5. The Morgan fingerprint density at radius 3 is 2.19 bits per heavy atom. The topological polar surface area (TPSA) is 67.4 Å². The van der Waals surface area contributed by atoms with Gasteiger partial charge in [0.25, 0.3) is 5.91 Å². The standard InChI is InChI=1S/C23H18Cl2F2N2O3/c1-11-9-19(32-18-8-7-14(24)10-15(18)25)12(2)13(3)21(11)28-23(31)29-22(30)20-16(26)5-4-6-17(20)27/h4-10H,1-3H3,(H2,28,29,30,31). The molecule has 3 amide bonds. The van der Waals surface area contributed by atoms with Gasteiger partial charge in [0, 0.05) is 10.7 Å². The number of carbonyl (C=O) groups excluding carboxylic acids is 2. The molecule has 9 heteroatoms. The van der Waals surface area contributed by atoms with Crippen molar-refractivity contribution in [3.63, 3.8) is 0 Å². The molecule has 0 atom stereocenters. The Balaban J connectivity index is 1.81. The van der Waals surface area contributed by atoms with Gasteiger partial charge in [-0.25, -0.2) is 13.6 Å². The summed E-state index contributed by atoms with van der Waals surface area (Å²) in [5.74, 6) is -2.40. The molecule has 0 heterocycles. The second-order valence-electron chi connectivity index (χ2n) is 7.00. The molecule has 3 aromatic rings. The summed E-state index contributed by atoms with van der Waals surface area (Å²) in [7, 11) is 0. The second-order valence-corrected chi connectivity index (χ2v) is 7.84. The molecule has 0 fully saturated rings. The van der Waals surface area contributed by atoms with E-state index in [0.717, 1.165) is 18.2 Å². The van der Waals surface area contributed by atoms with E-state index in [1.54, 1.807) is 45.0 Å². The molecule has 0 aromatic heterocycles. The number of halogens is 4. The first-order valence-corrected chi connectivity index (χ1v) is 10.1. The van der Waals surface area contributed by atoms with Crippen LogP contribution in [0.3, 0.4) is 0 Å². The highest BCUT2D eigenvalue weighted by atomic mass is 35.5. The van der Waals surface area contributed by atoms with Gasteiger partial charge in [0.1, 0.15) is 28.7 Å². The van der Waals surface area contributed by atoms with Crippen LogP contribution >= 0.6 is 23.2 Å². The third-order valence-electron chi connectivity index (χ3n) is 4.82. The van der Waals surface area contributed by atoms with Crippen LogP contribution in [-0.2, 0) is 0 Å². The van der Waals surface area contributed by atoms with E-state index >= 15 is 0 Å². The van der Waals surface area contributed by atoms with Crippen molar-refractivity contribution in [3.05, 3.63) is 86.4 Å². The Labute approximate surface area is 193 Å². The fourth-order valence-corrected chi connectivity index (χ4v) is 3.49. The number of benzene rings is 3. The second kappa shape index (κ2) is 9.54. The van der Waals surface area contributed by atoms with E-state index in [-0.39, 0.29) is 0 Å². The van der Waals surface area contributed by atoms with Crippen molar-refractivity contribution in [1.82, 2.24) is 5.32 Å². The number of aryl methyl sites for hydroxylation is 1. The number of rotatable bonds is 4. The zero-order chi connectivity index (χ0) is 23.6. The lowest BCUT2D eigenvalue weighted by atomic mass is 10.0. The van der Waals surface area contributed by atoms with Gasteiger partial charge in [0.05, 0.1) is 5.02 Å². The molecule has 0 radical (unpaired) electrons. The Morgan fingerprint density at radius 2 is 1.56 bits per heavy atom. The molecule has 0 spiro atoms. The van der Waals surface area contributed by atoms with Gasteiger partial charge in [0.15, 0.2) is 0 Å². The summed E-state index contributed by atoms with van der Waals surface area (Å²) in [5, 5.41) is 5.31. The van der Waals surface area contributed by atoms with Gasteiger partial charge in [-0.2, -0.15) is 0 Å². The molecule has 0 aliphatic heterocycles. The molecule has 0 unspecified atom stereocenters. The average Bonchev–Trinajstić information content (AvgIpc) is 2.71. The number of imide groups is 1. The predicted molar refractivity (Wildman–Crippen MR) is 120 cm³/mol. The Morgan fingerprint density at radius 1 is 0.906 bits per heavy atom. The summed E-state index contributed by atoms with van der Waals surface area (Å²) in [6, 6.07) is 8.59. The van der Waals surface area contributed by atoms with Crippen LogP contribution in [-0.4, -0.2) is 11.9 Å². The van der Waals surface area contributed by atoms with Gasteiger partial charge in [-0.15, -0.1) is 0 Å². The van der Waals surface area contributed by atoms with Crippen LogP contribution in [0.5, 0.6) is 11.5 Å². The predicted octanol–water partition coefficient (Wildman–Crippen LogP) is 6.95. The minimum absolute atomic E-state index is 0.340.